The first-order chi connectivity index (χ1) is 14.3. The Morgan fingerprint density at radius 1 is 0.967 bits per heavy atom. The van der Waals surface area contributed by atoms with E-state index in [1.54, 1.807) is 12.1 Å². The largest absolute Gasteiger partial charge is 0.272 e. The fraction of sp³-hybridized carbons (Fsp3) is 0.333. The lowest BCUT2D eigenvalue weighted by Crippen LogP contribution is -2.54. The predicted octanol–water partition coefficient (Wildman–Crippen LogP) is 3.55. The molecule has 5 rings (SSSR count). The van der Waals surface area contributed by atoms with Gasteiger partial charge in [-0.25, -0.2) is 9.97 Å². The molecule has 1 saturated carbocycles. The lowest BCUT2D eigenvalue weighted by Gasteiger charge is -2.36. The van der Waals surface area contributed by atoms with Gasteiger partial charge in [0.15, 0.2) is 0 Å². The Balaban J connectivity index is 1.48. The van der Waals surface area contributed by atoms with Gasteiger partial charge in [0.1, 0.15) is 5.41 Å². The molecule has 0 radical (unpaired) electrons. The summed E-state index contributed by atoms with van der Waals surface area (Å²) >= 11 is 0. The molecule has 2 N–H and O–H groups in total. The Bertz CT molecular complexity index is 1190. The molecule has 0 saturated heterocycles. The molecular formula is C24H24N4O2. The van der Waals surface area contributed by atoms with E-state index in [9.17, 15) is 9.59 Å². The quantitative estimate of drug-likeness (QED) is 0.645. The van der Waals surface area contributed by atoms with Crippen molar-refractivity contribution in [3.05, 3.63) is 71.0 Å². The highest BCUT2D eigenvalue weighted by atomic mass is 16.2. The number of hydrogen-bond donors (Lipinski definition) is 2. The minimum atomic E-state index is -0.815. The van der Waals surface area contributed by atoms with Crippen LogP contribution in [0.15, 0.2) is 48.5 Å². The normalized spacial score (nSPS) is 23.2. The molecule has 2 bridgehead atoms. The minimum Gasteiger partial charge on any atom is -0.272 e. The third-order valence-corrected chi connectivity index (χ3v) is 7.10. The fourth-order valence-corrected chi connectivity index (χ4v) is 5.33. The number of carbonyl (C=O) groups excluding carboxylic acids is 2. The molecule has 1 aromatic heterocycles. The van der Waals surface area contributed by atoms with Crippen LogP contribution in [-0.2, 0) is 10.2 Å². The van der Waals surface area contributed by atoms with E-state index in [1.807, 2.05) is 43.3 Å². The van der Waals surface area contributed by atoms with E-state index in [0.717, 1.165) is 34.4 Å². The van der Waals surface area contributed by atoms with Crippen LogP contribution < -0.4 is 10.9 Å². The van der Waals surface area contributed by atoms with Crippen LogP contribution in [0.2, 0.25) is 0 Å². The number of nitrogens with zero attached hydrogens (tertiary/aromatic N) is 2. The van der Waals surface area contributed by atoms with Crippen molar-refractivity contribution in [1.29, 1.82) is 0 Å². The Kier molecular flexibility index (Phi) is 3.97. The van der Waals surface area contributed by atoms with E-state index in [-0.39, 0.29) is 23.1 Å². The Hall–Kier alpha value is -3.28. The number of nitrogens with one attached hydrogen (secondary N) is 2. The number of para-hydroxylation sites is 2. The zero-order valence-electron chi connectivity index (χ0n) is 17.3. The van der Waals surface area contributed by atoms with Crippen molar-refractivity contribution in [3.63, 3.8) is 0 Å². The van der Waals surface area contributed by atoms with Crippen molar-refractivity contribution in [2.45, 2.75) is 44.9 Å². The molecule has 152 valence electrons. The van der Waals surface area contributed by atoms with Gasteiger partial charge in [0.05, 0.1) is 22.4 Å². The second-order valence-electron chi connectivity index (χ2n) is 8.94. The van der Waals surface area contributed by atoms with Crippen LogP contribution in [0.4, 0.5) is 0 Å². The maximum atomic E-state index is 13.5. The zero-order chi connectivity index (χ0) is 21.1. The molecule has 2 aliphatic rings. The SMILES string of the molecule is Cc1ccc(C(=O)NNC(=O)C23CCC(c4nc5ccccc5nc42)C3(C)C)cc1. The smallest absolute Gasteiger partial charge is 0.269 e. The standard InChI is InChI=1S/C24H24N4O2/c1-14-8-10-15(11-9-14)21(29)27-28-22(30)24-13-12-16(23(24,2)3)19-20(24)26-18-7-5-4-6-17(18)25-19/h4-11,16H,12-13H2,1-3H3,(H,27,29)(H,28,30). The monoisotopic (exact) mass is 400 g/mol. The summed E-state index contributed by atoms with van der Waals surface area (Å²) in [5.74, 6) is -0.392. The Morgan fingerprint density at radius 2 is 1.63 bits per heavy atom. The summed E-state index contributed by atoms with van der Waals surface area (Å²) in [6.45, 7) is 6.18. The second kappa shape index (κ2) is 6.36. The third kappa shape index (κ3) is 2.43. The molecule has 0 spiro atoms. The predicted molar refractivity (Wildman–Crippen MR) is 114 cm³/mol. The molecular weight excluding hydrogens is 376 g/mol. The number of rotatable bonds is 2. The van der Waals surface area contributed by atoms with Crippen molar-refractivity contribution in [2.24, 2.45) is 5.41 Å². The van der Waals surface area contributed by atoms with Crippen molar-refractivity contribution in [3.8, 4) is 0 Å². The lowest BCUT2D eigenvalue weighted by atomic mass is 9.68. The first-order valence-corrected chi connectivity index (χ1v) is 10.3. The molecule has 2 aromatic carbocycles. The number of carbonyl (C=O) groups is 2. The van der Waals surface area contributed by atoms with Crippen LogP contribution in [0.1, 0.15) is 59.9 Å². The number of hydrogen-bond acceptors (Lipinski definition) is 4. The summed E-state index contributed by atoms with van der Waals surface area (Å²) in [6, 6.07) is 15.0. The minimum absolute atomic E-state index is 0.170. The molecule has 2 atom stereocenters. The van der Waals surface area contributed by atoms with E-state index < -0.39 is 5.41 Å². The third-order valence-electron chi connectivity index (χ3n) is 7.10. The summed E-state index contributed by atoms with van der Waals surface area (Å²) in [5.41, 5.74) is 9.01. The van der Waals surface area contributed by atoms with Gasteiger partial charge in [-0.15, -0.1) is 0 Å². The van der Waals surface area contributed by atoms with Gasteiger partial charge in [-0.05, 0) is 49.4 Å². The maximum Gasteiger partial charge on any atom is 0.269 e. The summed E-state index contributed by atoms with van der Waals surface area (Å²) in [4.78, 5) is 35.8. The molecule has 30 heavy (non-hydrogen) atoms. The number of aryl methyl sites for hydroxylation is 1. The molecule has 1 heterocycles. The number of hydrazine groups is 1. The highest BCUT2D eigenvalue weighted by Gasteiger charge is 2.68. The van der Waals surface area contributed by atoms with Crippen molar-refractivity contribution in [2.75, 3.05) is 0 Å². The van der Waals surface area contributed by atoms with E-state index in [4.69, 9.17) is 9.97 Å². The van der Waals surface area contributed by atoms with Crippen molar-refractivity contribution in [1.82, 2.24) is 20.8 Å². The molecule has 6 heteroatoms. The number of aromatic nitrogens is 2. The molecule has 2 unspecified atom stereocenters. The first kappa shape index (κ1) is 18.7. The fourth-order valence-electron chi connectivity index (χ4n) is 5.33. The summed E-state index contributed by atoms with van der Waals surface area (Å²) < 4.78 is 0. The average molecular weight is 400 g/mol. The number of fused-ring (bicyclic) bond motifs is 6. The van der Waals surface area contributed by atoms with Gasteiger partial charge in [0.2, 0.25) is 0 Å². The summed E-state index contributed by atoms with van der Waals surface area (Å²) in [7, 11) is 0. The van der Waals surface area contributed by atoms with Crippen LogP contribution in [0, 0.1) is 12.3 Å². The molecule has 3 aromatic rings. The molecule has 2 amide bonds. The average Bonchev–Trinajstić information content (AvgIpc) is 3.12. The topological polar surface area (TPSA) is 84.0 Å². The van der Waals surface area contributed by atoms with Gasteiger partial charge in [-0.1, -0.05) is 43.7 Å². The molecule has 0 aliphatic heterocycles. The lowest BCUT2D eigenvalue weighted by molar-refractivity contribution is -0.130. The molecule has 1 fully saturated rings. The number of benzene rings is 2. The van der Waals surface area contributed by atoms with Crippen LogP contribution in [0.3, 0.4) is 0 Å². The van der Waals surface area contributed by atoms with E-state index in [2.05, 4.69) is 24.7 Å². The van der Waals surface area contributed by atoms with Gasteiger partial charge in [0, 0.05) is 11.5 Å². The van der Waals surface area contributed by atoms with Gasteiger partial charge in [-0.3, -0.25) is 20.4 Å². The van der Waals surface area contributed by atoms with Crippen molar-refractivity contribution < 1.29 is 9.59 Å². The molecule has 6 nitrogen and oxygen atoms in total. The highest BCUT2D eigenvalue weighted by molar-refractivity contribution is 5.98. The second-order valence-corrected chi connectivity index (χ2v) is 8.94. The van der Waals surface area contributed by atoms with E-state index >= 15 is 0 Å². The van der Waals surface area contributed by atoms with Gasteiger partial charge in [-0.2, -0.15) is 0 Å². The van der Waals surface area contributed by atoms with Crippen LogP contribution in [-0.4, -0.2) is 21.8 Å². The van der Waals surface area contributed by atoms with Gasteiger partial charge in [0.25, 0.3) is 11.8 Å². The van der Waals surface area contributed by atoms with Crippen LogP contribution in [0.25, 0.3) is 11.0 Å². The zero-order valence-corrected chi connectivity index (χ0v) is 17.3. The van der Waals surface area contributed by atoms with Crippen LogP contribution >= 0.6 is 0 Å². The highest BCUT2D eigenvalue weighted by Crippen LogP contribution is 2.67. The van der Waals surface area contributed by atoms with E-state index in [0.29, 0.717) is 12.0 Å². The Labute approximate surface area is 175 Å². The number of amides is 2. The maximum absolute atomic E-state index is 13.5. The van der Waals surface area contributed by atoms with Crippen LogP contribution in [0.5, 0.6) is 0 Å². The first-order valence-electron chi connectivity index (χ1n) is 10.3. The van der Waals surface area contributed by atoms with E-state index in [1.165, 1.54) is 0 Å². The summed E-state index contributed by atoms with van der Waals surface area (Å²) in [5, 5.41) is 0. The summed E-state index contributed by atoms with van der Waals surface area (Å²) in [6.07, 6.45) is 1.57. The molecule has 2 aliphatic carbocycles. The Morgan fingerprint density at radius 3 is 2.33 bits per heavy atom. The van der Waals surface area contributed by atoms with Crippen molar-refractivity contribution >= 4 is 22.8 Å². The van der Waals surface area contributed by atoms with Gasteiger partial charge >= 0.3 is 0 Å². The van der Waals surface area contributed by atoms with Gasteiger partial charge < -0.3 is 0 Å².